The van der Waals surface area contributed by atoms with Crippen LogP contribution >= 0.6 is 0 Å². The van der Waals surface area contributed by atoms with Gasteiger partial charge in [0.25, 0.3) is 0 Å². The predicted molar refractivity (Wildman–Crippen MR) is 112 cm³/mol. The minimum Gasteiger partial charge on any atom is -0.371 e. The topological polar surface area (TPSA) is 6.48 Å². The average Bonchev–Trinajstić information content (AvgIpc) is 3.41. The van der Waals surface area contributed by atoms with Crippen molar-refractivity contribution in [2.24, 2.45) is 0 Å². The molecule has 0 aromatic heterocycles. The van der Waals surface area contributed by atoms with E-state index in [4.69, 9.17) is 0 Å². The van der Waals surface area contributed by atoms with Crippen LogP contribution in [-0.4, -0.2) is 26.2 Å². The van der Waals surface area contributed by atoms with E-state index in [-0.39, 0.29) is 0 Å². The summed E-state index contributed by atoms with van der Waals surface area (Å²) in [6.07, 6.45) is 5.24. The molecule has 0 spiro atoms. The summed E-state index contributed by atoms with van der Waals surface area (Å²) < 4.78 is 0. The van der Waals surface area contributed by atoms with Crippen LogP contribution in [0.4, 0.5) is 11.4 Å². The Morgan fingerprint density at radius 1 is 0.538 bits per heavy atom. The summed E-state index contributed by atoms with van der Waals surface area (Å²) in [6, 6.07) is 22.4. The lowest BCUT2D eigenvalue weighted by Crippen LogP contribution is -2.22. The van der Waals surface area contributed by atoms with E-state index in [1.54, 1.807) is 0 Å². The third-order valence-corrected chi connectivity index (χ3v) is 5.96. The molecule has 0 N–H and O–H groups in total. The van der Waals surface area contributed by atoms with Gasteiger partial charge in [-0.3, -0.25) is 0 Å². The van der Waals surface area contributed by atoms with Crippen LogP contribution in [0.1, 0.15) is 25.7 Å². The summed E-state index contributed by atoms with van der Waals surface area (Å²) in [6.45, 7) is 4.73. The lowest BCUT2D eigenvalue weighted by Gasteiger charge is -2.28. The number of fused-ring (bicyclic) bond motifs is 1. The molecule has 2 fully saturated rings. The third kappa shape index (κ3) is 2.65. The quantitative estimate of drug-likeness (QED) is 0.602. The van der Waals surface area contributed by atoms with Gasteiger partial charge >= 0.3 is 0 Å². The summed E-state index contributed by atoms with van der Waals surface area (Å²) in [5.74, 6) is 0. The van der Waals surface area contributed by atoms with Crippen molar-refractivity contribution in [1.29, 1.82) is 0 Å². The van der Waals surface area contributed by atoms with Gasteiger partial charge in [-0.2, -0.15) is 0 Å². The van der Waals surface area contributed by atoms with E-state index in [2.05, 4.69) is 70.5 Å². The number of hydrogen-bond donors (Lipinski definition) is 0. The predicted octanol–water partition coefficient (Wildman–Crippen LogP) is 5.71. The fourth-order valence-corrected chi connectivity index (χ4v) is 4.68. The molecule has 132 valence electrons. The fourth-order valence-electron chi connectivity index (χ4n) is 4.68. The zero-order valence-corrected chi connectivity index (χ0v) is 15.3. The molecule has 0 saturated carbocycles. The Bertz CT molecular complexity index is 904. The molecule has 0 radical (unpaired) electrons. The Balaban J connectivity index is 1.80. The molecule has 2 nitrogen and oxygen atoms in total. The van der Waals surface area contributed by atoms with Gasteiger partial charge in [0.1, 0.15) is 0 Å². The highest BCUT2D eigenvalue weighted by atomic mass is 15.2. The van der Waals surface area contributed by atoms with Gasteiger partial charge in [0.05, 0.1) is 0 Å². The summed E-state index contributed by atoms with van der Waals surface area (Å²) in [5, 5.41) is 2.79. The summed E-state index contributed by atoms with van der Waals surface area (Å²) in [4.78, 5) is 5.20. The first-order chi connectivity index (χ1) is 12.9. The van der Waals surface area contributed by atoms with Crippen LogP contribution in [0.25, 0.3) is 21.9 Å². The van der Waals surface area contributed by atoms with Gasteiger partial charge in [-0.15, -0.1) is 0 Å². The first-order valence-corrected chi connectivity index (χ1v) is 10.0. The zero-order chi connectivity index (χ0) is 17.3. The first-order valence-electron chi connectivity index (χ1n) is 10.0. The lowest BCUT2D eigenvalue weighted by atomic mass is 9.94. The Hall–Kier alpha value is -2.48. The summed E-state index contributed by atoms with van der Waals surface area (Å²) in [5.41, 5.74) is 5.60. The van der Waals surface area contributed by atoms with Gasteiger partial charge in [0.2, 0.25) is 0 Å². The van der Waals surface area contributed by atoms with E-state index in [1.165, 1.54) is 85.1 Å². The molecule has 2 aliphatic heterocycles. The van der Waals surface area contributed by atoms with Crippen molar-refractivity contribution < 1.29 is 0 Å². The highest BCUT2D eigenvalue weighted by Gasteiger charge is 2.23. The maximum Gasteiger partial charge on any atom is 0.0473 e. The Morgan fingerprint density at radius 3 is 1.73 bits per heavy atom. The molecule has 26 heavy (non-hydrogen) atoms. The molecule has 2 heteroatoms. The van der Waals surface area contributed by atoms with Gasteiger partial charge in [-0.25, -0.2) is 0 Å². The van der Waals surface area contributed by atoms with E-state index in [9.17, 15) is 0 Å². The van der Waals surface area contributed by atoms with Crippen LogP contribution in [0, 0.1) is 0 Å². The van der Waals surface area contributed by atoms with Crippen molar-refractivity contribution in [3.8, 4) is 11.1 Å². The standard InChI is InChI=1S/C24H26N2/c1-2-10-19(11-3-1)24-21-13-5-4-12-20(21)22(25-14-6-7-15-25)18-23(24)26-16-8-9-17-26/h1-5,10-13,18H,6-9,14-17H2. The highest BCUT2D eigenvalue weighted by molar-refractivity contribution is 6.09. The Labute approximate surface area is 156 Å². The fraction of sp³-hybridized carbons (Fsp3) is 0.333. The van der Waals surface area contributed by atoms with Crippen molar-refractivity contribution in [3.63, 3.8) is 0 Å². The largest absolute Gasteiger partial charge is 0.371 e. The van der Waals surface area contributed by atoms with Crippen LogP contribution in [-0.2, 0) is 0 Å². The van der Waals surface area contributed by atoms with Crippen molar-refractivity contribution in [2.45, 2.75) is 25.7 Å². The maximum absolute atomic E-state index is 2.61. The van der Waals surface area contributed by atoms with E-state index >= 15 is 0 Å². The van der Waals surface area contributed by atoms with E-state index < -0.39 is 0 Å². The molecule has 0 amide bonds. The minimum absolute atomic E-state index is 1.18. The Morgan fingerprint density at radius 2 is 1.08 bits per heavy atom. The first kappa shape index (κ1) is 15.7. The highest BCUT2D eigenvalue weighted by Crippen LogP contribution is 2.44. The van der Waals surface area contributed by atoms with Crippen molar-refractivity contribution >= 4 is 22.1 Å². The third-order valence-electron chi connectivity index (χ3n) is 5.96. The second kappa shape index (κ2) is 6.68. The zero-order valence-electron chi connectivity index (χ0n) is 15.3. The molecular formula is C24H26N2. The monoisotopic (exact) mass is 342 g/mol. The van der Waals surface area contributed by atoms with Crippen molar-refractivity contribution in [1.82, 2.24) is 0 Å². The molecule has 0 aliphatic carbocycles. The number of nitrogens with zero attached hydrogens (tertiary/aromatic N) is 2. The summed E-state index contributed by atoms with van der Waals surface area (Å²) >= 11 is 0. The molecule has 3 aromatic rings. The number of anilines is 2. The lowest BCUT2D eigenvalue weighted by molar-refractivity contribution is 0.949. The molecule has 0 atom stereocenters. The normalized spacial score (nSPS) is 17.4. The molecule has 0 unspecified atom stereocenters. The number of rotatable bonds is 3. The molecule has 2 heterocycles. The smallest absolute Gasteiger partial charge is 0.0473 e. The molecule has 3 aromatic carbocycles. The van der Waals surface area contributed by atoms with Gasteiger partial charge in [0.15, 0.2) is 0 Å². The average molecular weight is 342 g/mol. The molecule has 0 bridgehead atoms. The molecular weight excluding hydrogens is 316 g/mol. The van der Waals surface area contributed by atoms with Crippen molar-refractivity contribution in [2.75, 3.05) is 36.0 Å². The van der Waals surface area contributed by atoms with E-state index in [1.807, 2.05) is 0 Å². The van der Waals surface area contributed by atoms with Crippen LogP contribution in [0.5, 0.6) is 0 Å². The van der Waals surface area contributed by atoms with Crippen LogP contribution < -0.4 is 9.80 Å². The van der Waals surface area contributed by atoms with Crippen molar-refractivity contribution in [3.05, 3.63) is 60.7 Å². The van der Waals surface area contributed by atoms with Gasteiger partial charge in [-0.05, 0) is 42.7 Å². The number of benzene rings is 3. The number of hydrogen-bond acceptors (Lipinski definition) is 2. The molecule has 2 saturated heterocycles. The van der Waals surface area contributed by atoms with Gasteiger partial charge in [0, 0.05) is 48.5 Å². The van der Waals surface area contributed by atoms with Crippen LogP contribution in [0.2, 0.25) is 0 Å². The molecule has 5 rings (SSSR count). The Kier molecular flexibility index (Phi) is 4.05. The van der Waals surface area contributed by atoms with Gasteiger partial charge < -0.3 is 9.80 Å². The molecule has 2 aliphatic rings. The van der Waals surface area contributed by atoms with E-state index in [0.717, 1.165) is 0 Å². The maximum atomic E-state index is 2.61. The second-order valence-electron chi connectivity index (χ2n) is 7.59. The van der Waals surface area contributed by atoms with E-state index in [0.29, 0.717) is 0 Å². The van der Waals surface area contributed by atoms with Crippen LogP contribution in [0.3, 0.4) is 0 Å². The summed E-state index contributed by atoms with van der Waals surface area (Å²) in [7, 11) is 0. The minimum atomic E-state index is 1.18. The van der Waals surface area contributed by atoms with Crippen LogP contribution in [0.15, 0.2) is 60.7 Å². The second-order valence-corrected chi connectivity index (χ2v) is 7.59. The van der Waals surface area contributed by atoms with Gasteiger partial charge in [-0.1, -0.05) is 54.6 Å². The SMILES string of the molecule is c1ccc(-c2c(N3CCCC3)cc(N3CCCC3)c3ccccc23)cc1.